The van der Waals surface area contributed by atoms with Gasteiger partial charge >= 0.3 is 0 Å². The van der Waals surface area contributed by atoms with Gasteiger partial charge in [-0.05, 0) is 42.0 Å². The number of imidazole rings is 1. The standard InChI is InChI=1S/C27H24N4O3/c32-27-18-29-12-13-31(27)23-8-1-2-9-24(23)34-26-11-4-3-10-25(26)33-22-7-5-6-20(14-22)16-30-19-28-15-21(30)17-29/h1-11,14-15,19H,12-13,16-18H2. The number of ether oxygens (including phenoxy) is 2. The maximum Gasteiger partial charge on any atom is 0.241 e. The van der Waals surface area contributed by atoms with E-state index in [0.717, 1.165) is 29.2 Å². The van der Waals surface area contributed by atoms with Gasteiger partial charge in [0.1, 0.15) is 5.75 Å². The summed E-state index contributed by atoms with van der Waals surface area (Å²) in [5.74, 6) is 2.60. The molecule has 7 heteroatoms. The fraction of sp³-hybridized carbons (Fsp3) is 0.185. The van der Waals surface area contributed by atoms with E-state index in [9.17, 15) is 4.79 Å². The Balaban J connectivity index is 1.45. The van der Waals surface area contributed by atoms with Gasteiger partial charge in [0.2, 0.25) is 5.91 Å². The van der Waals surface area contributed by atoms with E-state index in [2.05, 4.69) is 20.5 Å². The van der Waals surface area contributed by atoms with Gasteiger partial charge in [0.15, 0.2) is 17.2 Å². The average molecular weight is 453 g/mol. The van der Waals surface area contributed by atoms with E-state index in [1.807, 2.05) is 84.2 Å². The number of piperazine rings is 1. The van der Waals surface area contributed by atoms with Crippen molar-refractivity contribution in [3.05, 3.63) is 96.6 Å². The van der Waals surface area contributed by atoms with Crippen LogP contribution in [0.5, 0.6) is 23.0 Å². The second-order valence-corrected chi connectivity index (χ2v) is 8.53. The van der Waals surface area contributed by atoms with Crippen LogP contribution in [0.1, 0.15) is 11.3 Å². The SMILES string of the molecule is O=C1CN2CCN1c1ccccc1Oc1ccccc1Oc1cccc(c1)Cn1cncc1C2. The molecule has 0 saturated carbocycles. The lowest BCUT2D eigenvalue weighted by Crippen LogP contribution is -2.50. The summed E-state index contributed by atoms with van der Waals surface area (Å²) in [5.41, 5.74) is 2.94. The summed E-state index contributed by atoms with van der Waals surface area (Å²) >= 11 is 0. The Hall–Kier alpha value is -4.10. The molecule has 3 aliphatic heterocycles. The topological polar surface area (TPSA) is 59.8 Å². The predicted molar refractivity (Wildman–Crippen MR) is 128 cm³/mol. The van der Waals surface area contributed by atoms with Crippen molar-refractivity contribution in [3.63, 3.8) is 0 Å². The number of anilines is 1. The van der Waals surface area contributed by atoms with E-state index in [-0.39, 0.29) is 5.91 Å². The molecule has 4 heterocycles. The van der Waals surface area contributed by atoms with E-state index in [1.54, 1.807) is 0 Å². The first-order chi connectivity index (χ1) is 16.7. The number of amides is 1. The largest absolute Gasteiger partial charge is 0.453 e. The molecule has 4 bridgehead atoms. The first kappa shape index (κ1) is 20.5. The summed E-state index contributed by atoms with van der Waals surface area (Å²) < 4.78 is 14.7. The Morgan fingerprint density at radius 1 is 0.765 bits per heavy atom. The van der Waals surface area contributed by atoms with Crippen molar-refractivity contribution in [1.82, 2.24) is 14.5 Å². The van der Waals surface area contributed by atoms with E-state index in [4.69, 9.17) is 9.47 Å². The molecule has 3 aliphatic rings. The third-order valence-electron chi connectivity index (χ3n) is 6.19. The molecule has 0 radical (unpaired) electrons. The van der Waals surface area contributed by atoms with Crippen LogP contribution < -0.4 is 14.4 Å². The Labute approximate surface area is 197 Å². The first-order valence-electron chi connectivity index (χ1n) is 11.4. The van der Waals surface area contributed by atoms with E-state index in [1.165, 1.54) is 0 Å². The van der Waals surface area contributed by atoms with Gasteiger partial charge in [-0.1, -0.05) is 36.4 Å². The zero-order valence-electron chi connectivity index (χ0n) is 18.6. The normalized spacial score (nSPS) is 17.6. The van der Waals surface area contributed by atoms with Crippen LogP contribution in [-0.4, -0.2) is 40.0 Å². The van der Waals surface area contributed by atoms with Crippen LogP contribution >= 0.6 is 0 Å². The van der Waals surface area contributed by atoms with Crippen LogP contribution in [0.4, 0.5) is 5.69 Å². The molecule has 1 fully saturated rings. The van der Waals surface area contributed by atoms with Crippen LogP contribution in [0, 0.1) is 0 Å². The Kier molecular flexibility index (Phi) is 5.24. The number of carbonyl (C=O) groups excluding carboxylic acids is 1. The Morgan fingerprint density at radius 2 is 1.56 bits per heavy atom. The third-order valence-corrected chi connectivity index (χ3v) is 6.19. The minimum absolute atomic E-state index is 0.0499. The minimum Gasteiger partial charge on any atom is -0.453 e. The smallest absolute Gasteiger partial charge is 0.241 e. The van der Waals surface area contributed by atoms with Crippen molar-refractivity contribution < 1.29 is 14.3 Å². The molecule has 7 nitrogen and oxygen atoms in total. The number of fused-ring (bicyclic) bond motifs is 2. The molecule has 1 unspecified atom stereocenters. The van der Waals surface area contributed by atoms with Crippen LogP contribution in [0.2, 0.25) is 0 Å². The Bertz CT molecular complexity index is 1350. The fourth-order valence-electron chi connectivity index (χ4n) is 4.50. The van der Waals surface area contributed by atoms with Gasteiger partial charge in [-0.25, -0.2) is 4.98 Å². The molecular formula is C27H24N4O3. The highest BCUT2D eigenvalue weighted by molar-refractivity contribution is 5.97. The molecule has 1 saturated heterocycles. The molecule has 0 spiro atoms. The molecule has 34 heavy (non-hydrogen) atoms. The maximum absolute atomic E-state index is 13.2. The highest BCUT2D eigenvalue weighted by Crippen LogP contribution is 2.39. The molecule has 0 N–H and O–H groups in total. The average Bonchev–Trinajstić information content (AvgIpc) is 3.27. The van der Waals surface area contributed by atoms with E-state index in [0.29, 0.717) is 43.4 Å². The summed E-state index contributed by atoms with van der Waals surface area (Å²) in [6.07, 6.45) is 3.72. The zero-order valence-corrected chi connectivity index (χ0v) is 18.6. The van der Waals surface area contributed by atoms with Gasteiger partial charge in [-0.3, -0.25) is 9.69 Å². The number of hydrogen-bond donors (Lipinski definition) is 0. The lowest BCUT2D eigenvalue weighted by atomic mass is 10.2. The summed E-state index contributed by atoms with van der Waals surface area (Å²) in [4.78, 5) is 21.5. The molecule has 0 aliphatic carbocycles. The van der Waals surface area contributed by atoms with Gasteiger partial charge in [0.25, 0.3) is 0 Å². The second-order valence-electron chi connectivity index (χ2n) is 8.53. The van der Waals surface area contributed by atoms with Crippen molar-refractivity contribution in [2.45, 2.75) is 13.1 Å². The second kappa shape index (κ2) is 8.68. The number of para-hydroxylation sites is 4. The summed E-state index contributed by atoms with van der Waals surface area (Å²) in [6, 6.07) is 23.3. The highest BCUT2D eigenvalue weighted by Gasteiger charge is 2.28. The first-order valence-corrected chi connectivity index (χ1v) is 11.4. The van der Waals surface area contributed by atoms with Gasteiger partial charge in [0, 0.05) is 32.4 Å². The molecule has 4 aromatic rings. The number of benzene rings is 3. The quantitative estimate of drug-likeness (QED) is 0.388. The fourth-order valence-corrected chi connectivity index (χ4v) is 4.50. The molecule has 1 amide bonds. The van der Waals surface area contributed by atoms with E-state index < -0.39 is 0 Å². The molecule has 3 aromatic carbocycles. The van der Waals surface area contributed by atoms with Crippen LogP contribution in [0.15, 0.2) is 85.3 Å². The number of aromatic nitrogens is 2. The third kappa shape index (κ3) is 4.02. The van der Waals surface area contributed by atoms with Crippen molar-refractivity contribution in [2.75, 3.05) is 24.5 Å². The van der Waals surface area contributed by atoms with Crippen molar-refractivity contribution in [1.29, 1.82) is 0 Å². The van der Waals surface area contributed by atoms with Crippen molar-refractivity contribution in [2.24, 2.45) is 0 Å². The van der Waals surface area contributed by atoms with Gasteiger partial charge in [0.05, 0.1) is 24.3 Å². The van der Waals surface area contributed by atoms with Gasteiger partial charge in [-0.2, -0.15) is 0 Å². The van der Waals surface area contributed by atoms with Gasteiger partial charge in [-0.15, -0.1) is 0 Å². The summed E-state index contributed by atoms with van der Waals surface area (Å²) in [5, 5.41) is 0. The zero-order chi connectivity index (χ0) is 22.9. The molecule has 1 aromatic heterocycles. The van der Waals surface area contributed by atoms with Crippen molar-refractivity contribution >= 4 is 11.6 Å². The number of nitrogens with zero attached hydrogens (tertiary/aromatic N) is 4. The van der Waals surface area contributed by atoms with Crippen LogP contribution in [-0.2, 0) is 17.9 Å². The molecular weight excluding hydrogens is 428 g/mol. The van der Waals surface area contributed by atoms with Crippen LogP contribution in [0.3, 0.4) is 0 Å². The maximum atomic E-state index is 13.2. The Morgan fingerprint density at radius 3 is 2.41 bits per heavy atom. The minimum atomic E-state index is 0.0499. The molecule has 170 valence electrons. The van der Waals surface area contributed by atoms with E-state index >= 15 is 0 Å². The lowest BCUT2D eigenvalue weighted by molar-refractivity contribution is -0.121. The van der Waals surface area contributed by atoms with Crippen LogP contribution in [0.25, 0.3) is 0 Å². The van der Waals surface area contributed by atoms with Crippen molar-refractivity contribution in [3.8, 4) is 23.0 Å². The number of hydrogen-bond acceptors (Lipinski definition) is 5. The molecule has 7 rings (SSSR count). The summed E-state index contributed by atoms with van der Waals surface area (Å²) in [6.45, 7) is 3.03. The highest BCUT2D eigenvalue weighted by atomic mass is 16.5. The molecule has 1 atom stereocenters. The number of rotatable bonds is 0. The summed E-state index contributed by atoms with van der Waals surface area (Å²) in [7, 11) is 0. The monoisotopic (exact) mass is 452 g/mol. The van der Waals surface area contributed by atoms with Gasteiger partial charge < -0.3 is 18.9 Å². The lowest BCUT2D eigenvalue weighted by Gasteiger charge is -2.35. The number of carbonyl (C=O) groups is 1. The predicted octanol–water partition coefficient (Wildman–Crippen LogP) is 4.68.